The van der Waals surface area contributed by atoms with Crippen molar-refractivity contribution in [3.8, 4) is 11.8 Å². The van der Waals surface area contributed by atoms with E-state index in [2.05, 4.69) is 15.5 Å². The lowest BCUT2D eigenvalue weighted by Crippen LogP contribution is -2.24. The van der Waals surface area contributed by atoms with Crippen LogP contribution >= 0.6 is 0 Å². The van der Waals surface area contributed by atoms with Gasteiger partial charge in [-0.1, -0.05) is 30.9 Å². The number of benzene rings is 1. The Kier molecular flexibility index (Phi) is 7.48. The molecule has 172 valence electrons. The van der Waals surface area contributed by atoms with Crippen molar-refractivity contribution in [1.82, 2.24) is 4.57 Å². The van der Waals surface area contributed by atoms with Crippen LogP contribution in [0.4, 0.5) is 17.1 Å². The highest BCUT2D eigenvalue weighted by Gasteiger charge is 2.32. The maximum absolute atomic E-state index is 12.7. The first-order valence-electron chi connectivity index (χ1n) is 8.92. The van der Waals surface area contributed by atoms with Gasteiger partial charge in [0.2, 0.25) is 5.88 Å². The Hall–Kier alpha value is -4.01. The average Bonchev–Trinajstić information content (AvgIpc) is 3.02. The van der Waals surface area contributed by atoms with E-state index in [1.54, 1.807) is 6.92 Å². The number of nitro benzene ring substituents is 1. The van der Waals surface area contributed by atoms with Gasteiger partial charge in [-0.05, 0) is 18.0 Å². The summed E-state index contributed by atoms with van der Waals surface area (Å²) in [6.07, 6.45) is 0.951. The van der Waals surface area contributed by atoms with Crippen molar-refractivity contribution in [3.05, 3.63) is 44.8 Å². The molecule has 0 fully saturated rings. The van der Waals surface area contributed by atoms with Crippen LogP contribution in [0.5, 0.6) is 11.8 Å². The summed E-state index contributed by atoms with van der Waals surface area (Å²) < 4.78 is 32.4. The number of anilines is 1. The Labute approximate surface area is 180 Å². The molecule has 0 aliphatic rings. The van der Waals surface area contributed by atoms with Crippen LogP contribution in [-0.2, 0) is 19.8 Å². The number of hydrogen-bond acceptors (Lipinski definition) is 10. The lowest BCUT2D eigenvalue weighted by molar-refractivity contribution is -0.384. The monoisotopic (exact) mass is 470 g/mol. The Morgan fingerprint density at radius 2 is 2.09 bits per heavy atom. The normalized spacial score (nSPS) is 11.9. The molecule has 0 saturated carbocycles. The maximum Gasteiger partial charge on any atom is 0.354 e. The van der Waals surface area contributed by atoms with Gasteiger partial charge in [-0.3, -0.25) is 19.2 Å². The summed E-state index contributed by atoms with van der Waals surface area (Å²) in [6.45, 7) is 1.79. The Balaban J connectivity index is 2.36. The molecule has 0 amide bonds. The molecule has 0 aliphatic carbocycles. The number of aromatic nitrogens is 1. The number of rotatable bonds is 10. The molecule has 0 aliphatic heterocycles. The number of unbranched alkanes of at least 4 members (excludes halogenated alkanes) is 1. The number of nitro groups is 1. The predicted octanol–water partition coefficient (Wildman–Crippen LogP) is 3.30. The molecule has 1 aromatic carbocycles. The van der Waals surface area contributed by atoms with Crippen LogP contribution in [0.3, 0.4) is 0 Å². The van der Waals surface area contributed by atoms with Crippen LogP contribution < -0.4 is 5.48 Å². The SMILES string of the molecule is CCCCC(C(=O)ONc1ccc(N=[N+]=[N-])cc1[N+](=O)[O-])n1c(O)cc(S(=O)(=O)O)c1O. The van der Waals surface area contributed by atoms with Crippen molar-refractivity contribution >= 4 is 33.1 Å². The van der Waals surface area contributed by atoms with Crippen LogP contribution in [0.15, 0.2) is 34.3 Å². The highest BCUT2D eigenvalue weighted by Crippen LogP contribution is 2.37. The molecule has 16 heteroatoms. The molecule has 4 N–H and O–H groups in total. The standard InChI is InChI=1S/C16H18N6O9S/c1-2-3-4-11(21-14(23)8-13(15(21)24)32(28,29)30)16(25)31-19-10-6-5-9(18-20-17)7-12(10)22(26)27/h5-8,11,19,23-24H,2-4H2,1H3,(H,28,29,30). The summed E-state index contributed by atoms with van der Waals surface area (Å²) in [5, 5.41) is 34.7. The fourth-order valence-corrected chi connectivity index (χ4v) is 3.35. The van der Waals surface area contributed by atoms with Crippen molar-refractivity contribution in [2.24, 2.45) is 5.11 Å². The van der Waals surface area contributed by atoms with Gasteiger partial charge in [-0.15, -0.1) is 0 Å². The van der Waals surface area contributed by atoms with E-state index in [4.69, 9.17) is 14.9 Å². The first-order valence-corrected chi connectivity index (χ1v) is 10.4. The Bertz CT molecular complexity index is 1190. The second-order valence-corrected chi connectivity index (χ2v) is 7.75. The van der Waals surface area contributed by atoms with Crippen molar-refractivity contribution in [1.29, 1.82) is 0 Å². The number of aromatic hydroxyl groups is 2. The third-order valence-corrected chi connectivity index (χ3v) is 5.10. The van der Waals surface area contributed by atoms with Crippen LogP contribution in [0.25, 0.3) is 10.4 Å². The first-order chi connectivity index (χ1) is 15.0. The van der Waals surface area contributed by atoms with E-state index in [-0.39, 0.29) is 17.8 Å². The second kappa shape index (κ2) is 9.86. The number of carbonyl (C=O) groups excluding carboxylic acids is 1. The van der Waals surface area contributed by atoms with Gasteiger partial charge in [0.1, 0.15) is 11.7 Å². The Morgan fingerprint density at radius 1 is 1.41 bits per heavy atom. The lowest BCUT2D eigenvalue weighted by atomic mass is 10.1. The summed E-state index contributed by atoms with van der Waals surface area (Å²) in [6, 6.07) is 2.40. The summed E-state index contributed by atoms with van der Waals surface area (Å²) in [7, 11) is -4.90. The smallest absolute Gasteiger partial charge is 0.354 e. The van der Waals surface area contributed by atoms with E-state index >= 15 is 0 Å². The fourth-order valence-electron chi connectivity index (χ4n) is 2.77. The molecule has 2 aromatic rings. The van der Waals surface area contributed by atoms with Gasteiger partial charge in [0.25, 0.3) is 15.8 Å². The molecular formula is C16H18N6O9S. The zero-order valence-electron chi connectivity index (χ0n) is 16.4. The van der Waals surface area contributed by atoms with Gasteiger partial charge in [-0.2, -0.15) is 8.42 Å². The minimum Gasteiger partial charge on any atom is -0.494 e. The Morgan fingerprint density at radius 3 is 2.62 bits per heavy atom. The van der Waals surface area contributed by atoms with E-state index in [9.17, 15) is 33.5 Å². The highest BCUT2D eigenvalue weighted by atomic mass is 32.2. The number of nitrogens with one attached hydrogen (secondary N) is 1. The molecular weight excluding hydrogens is 452 g/mol. The summed E-state index contributed by atoms with van der Waals surface area (Å²) in [5.41, 5.74) is 9.63. The highest BCUT2D eigenvalue weighted by molar-refractivity contribution is 7.86. The molecule has 1 aromatic heterocycles. The summed E-state index contributed by atoms with van der Waals surface area (Å²) in [4.78, 5) is 29.5. The number of carbonyl (C=O) groups is 1. The zero-order chi connectivity index (χ0) is 24.1. The van der Waals surface area contributed by atoms with Crippen LogP contribution in [0.1, 0.15) is 32.2 Å². The summed E-state index contributed by atoms with van der Waals surface area (Å²) >= 11 is 0. The average molecular weight is 470 g/mol. The predicted molar refractivity (Wildman–Crippen MR) is 108 cm³/mol. The number of hydrogen-bond donors (Lipinski definition) is 4. The van der Waals surface area contributed by atoms with Gasteiger partial charge in [0.05, 0.1) is 4.92 Å². The largest absolute Gasteiger partial charge is 0.494 e. The van der Waals surface area contributed by atoms with Gasteiger partial charge in [0.15, 0.2) is 10.8 Å². The third kappa shape index (κ3) is 5.37. The quantitative estimate of drug-likeness (QED) is 0.0987. The maximum atomic E-state index is 12.7. The topological polar surface area (TPSA) is 230 Å². The molecule has 15 nitrogen and oxygen atoms in total. The third-order valence-electron chi connectivity index (χ3n) is 4.25. The van der Waals surface area contributed by atoms with Crippen molar-refractivity contribution in [2.75, 3.05) is 5.48 Å². The molecule has 1 atom stereocenters. The molecule has 0 bridgehead atoms. The fraction of sp³-hybridized carbons (Fsp3) is 0.312. The molecule has 32 heavy (non-hydrogen) atoms. The molecule has 1 heterocycles. The van der Waals surface area contributed by atoms with E-state index in [1.165, 1.54) is 6.07 Å². The van der Waals surface area contributed by atoms with Gasteiger partial charge in [0, 0.05) is 22.7 Å². The summed E-state index contributed by atoms with van der Waals surface area (Å²) in [5.74, 6) is -3.06. The van der Waals surface area contributed by atoms with E-state index in [0.717, 1.165) is 12.1 Å². The lowest BCUT2D eigenvalue weighted by Gasteiger charge is -2.19. The number of nitrogens with zero attached hydrogens (tertiary/aromatic N) is 5. The second-order valence-electron chi connectivity index (χ2n) is 6.36. The molecule has 0 spiro atoms. The molecule has 0 radical (unpaired) electrons. The van der Waals surface area contributed by atoms with Crippen LogP contribution in [0.2, 0.25) is 0 Å². The van der Waals surface area contributed by atoms with E-state index in [1.807, 2.05) is 0 Å². The minimum absolute atomic E-state index is 0.0182. The molecule has 2 rings (SSSR count). The van der Waals surface area contributed by atoms with E-state index in [0.29, 0.717) is 23.5 Å². The van der Waals surface area contributed by atoms with Gasteiger partial charge < -0.3 is 15.1 Å². The molecule has 1 unspecified atom stereocenters. The minimum atomic E-state index is -4.90. The van der Waals surface area contributed by atoms with Crippen molar-refractivity contribution in [2.45, 2.75) is 37.1 Å². The van der Waals surface area contributed by atoms with Crippen LogP contribution in [-0.4, -0.2) is 38.6 Å². The van der Waals surface area contributed by atoms with Crippen molar-refractivity contribution < 1.29 is 37.7 Å². The number of azide groups is 1. The van der Waals surface area contributed by atoms with Crippen molar-refractivity contribution in [3.63, 3.8) is 0 Å². The zero-order valence-corrected chi connectivity index (χ0v) is 17.3. The van der Waals surface area contributed by atoms with E-state index < -0.39 is 49.4 Å². The van der Waals surface area contributed by atoms with Gasteiger partial charge in [-0.25, -0.2) is 10.3 Å². The first kappa shape index (κ1) is 24.3. The molecule has 0 saturated heterocycles. The van der Waals surface area contributed by atoms with Gasteiger partial charge >= 0.3 is 5.97 Å². The van der Waals surface area contributed by atoms with Crippen LogP contribution in [0, 0.1) is 10.1 Å².